The average molecular weight is 454 g/mol. The molecule has 6 rings (SSSR count). The molecule has 4 aromatic heterocycles. The van der Waals surface area contributed by atoms with E-state index in [0.29, 0.717) is 28.5 Å². The number of aryl methyl sites for hydroxylation is 2. The van der Waals surface area contributed by atoms with Crippen molar-refractivity contribution in [1.29, 1.82) is 0 Å². The summed E-state index contributed by atoms with van der Waals surface area (Å²) >= 11 is 0. The molecule has 170 valence electrons. The van der Waals surface area contributed by atoms with E-state index < -0.39 is 0 Å². The molecule has 1 aromatic carbocycles. The molecule has 0 spiro atoms. The Morgan fingerprint density at radius 2 is 2.06 bits per heavy atom. The van der Waals surface area contributed by atoms with Crippen molar-refractivity contribution in [1.82, 2.24) is 34.9 Å². The molecule has 1 fully saturated rings. The number of pyridine rings is 1. The number of nitrogens with one attached hydrogen (secondary N) is 2. The summed E-state index contributed by atoms with van der Waals surface area (Å²) in [5, 5.41) is 19.2. The van der Waals surface area contributed by atoms with E-state index in [-0.39, 0.29) is 11.9 Å². The summed E-state index contributed by atoms with van der Waals surface area (Å²) in [6.45, 7) is 2.89. The number of hydrogen-bond donors (Lipinski definition) is 2. The average Bonchev–Trinajstić information content (AvgIpc) is 3.53. The molecular weight excluding hydrogens is 432 g/mol. The maximum Gasteiger partial charge on any atom is 0.259 e. The van der Waals surface area contributed by atoms with Crippen LogP contribution in [0.15, 0.2) is 59.5 Å². The zero-order valence-corrected chi connectivity index (χ0v) is 18.7. The molecule has 0 bridgehead atoms. The Bertz CT molecular complexity index is 1530. The van der Waals surface area contributed by atoms with Crippen molar-refractivity contribution in [3.8, 4) is 22.6 Å². The van der Waals surface area contributed by atoms with E-state index in [0.717, 1.165) is 35.3 Å². The van der Waals surface area contributed by atoms with Crippen LogP contribution in [0.2, 0.25) is 0 Å². The first kappa shape index (κ1) is 20.3. The van der Waals surface area contributed by atoms with E-state index in [1.165, 1.54) is 0 Å². The van der Waals surface area contributed by atoms with E-state index in [1.807, 2.05) is 62.8 Å². The lowest BCUT2D eigenvalue weighted by Crippen LogP contribution is -2.35. The highest BCUT2D eigenvalue weighted by atomic mass is 16.5. The second kappa shape index (κ2) is 7.92. The SMILES string of the molecule is Cc1ccc(-c2noc([C@H]3CCN3)n2)cc1NC(=O)c1cnn2cc(-c3ccn(C)n3)ccc12. The molecule has 5 aromatic rings. The Kier molecular flexibility index (Phi) is 4.73. The van der Waals surface area contributed by atoms with Gasteiger partial charge in [0.15, 0.2) is 0 Å². The quantitative estimate of drug-likeness (QED) is 0.418. The van der Waals surface area contributed by atoms with Gasteiger partial charge in [0, 0.05) is 36.3 Å². The fourth-order valence-electron chi connectivity index (χ4n) is 3.96. The van der Waals surface area contributed by atoms with Crippen molar-refractivity contribution in [3.63, 3.8) is 0 Å². The molecule has 34 heavy (non-hydrogen) atoms. The number of amides is 1. The van der Waals surface area contributed by atoms with Gasteiger partial charge in [0.25, 0.3) is 5.91 Å². The fourth-order valence-corrected chi connectivity index (χ4v) is 3.96. The van der Waals surface area contributed by atoms with Gasteiger partial charge in [-0.15, -0.1) is 0 Å². The van der Waals surface area contributed by atoms with Gasteiger partial charge >= 0.3 is 0 Å². The molecule has 0 unspecified atom stereocenters. The number of aromatic nitrogens is 6. The number of benzene rings is 1. The van der Waals surface area contributed by atoms with Crippen LogP contribution in [0.3, 0.4) is 0 Å². The van der Waals surface area contributed by atoms with Crippen LogP contribution in [0.5, 0.6) is 0 Å². The van der Waals surface area contributed by atoms with E-state index in [9.17, 15) is 4.79 Å². The Morgan fingerprint density at radius 1 is 1.21 bits per heavy atom. The first-order valence-corrected chi connectivity index (χ1v) is 11.0. The molecule has 10 nitrogen and oxygen atoms in total. The lowest BCUT2D eigenvalue weighted by molar-refractivity contribution is 0.102. The van der Waals surface area contributed by atoms with Gasteiger partial charge in [0.1, 0.15) is 0 Å². The smallest absolute Gasteiger partial charge is 0.259 e. The maximum absolute atomic E-state index is 13.1. The summed E-state index contributed by atoms with van der Waals surface area (Å²) in [4.78, 5) is 17.7. The zero-order valence-electron chi connectivity index (χ0n) is 18.7. The summed E-state index contributed by atoms with van der Waals surface area (Å²) in [7, 11) is 1.87. The number of rotatable bonds is 5. The molecule has 10 heteroatoms. The minimum Gasteiger partial charge on any atom is -0.337 e. The van der Waals surface area contributed by atoms with E-state index >= 15 is 0 Å². The van der Waals surface area contributed by atoms with Crippen molar-refractivity contribution >= 4 is 17.1 Å². The highest BCUT2D eigenvalue weighted by Gasteiger charge is 2.25. The minimum absolute atomic E-state index is 0.125. The van der Waals surface area contributed by atoms with Crippen LogP contribution in [-0.2, 0) is 7.05 Å². The Morgan fingerprint density at radius 3 is 2.82 bits per heavy atom. The van der Waals surface area contributed by atoms with Crippen LogP contribution in [0.25, 0.3) is 28.2 Å². The number of anilines is 1. The molecule has 1 saturated heterocycles. The van der Waals surface area contributed by atoms with Crippen molar-refractivity contribution in [2.24, 2.45) is 7.05 Å². The van der Waals surface area contributed by atoms with Gasteiger partial charge in [0.05, 0.1) is 29.0 Å². The second-order valence-corrected chi connectivity index (χ2v) is 8.42. The molecule has 0 saturated carbocycles. The van der Waals surface area contributed by atoms with Gasteiger partial charge in [-0.05, 0) is 49.7 Å². The maximum atomic E-state index is 13.1. The van der Waals surface area contributed by atoms with Crippen LogP contribution in [-0.4, -0.2) is 42.0 Å². The highest BCUT2D eigenvalue weighted by Crippen LogP contribution is 2.28. The summed E-state index contributed by atoms with van der Waals surface area (Å²) in [6, 6.07) is 11.6. The zero-order chi connectivity index (χ0) is 23.2. The monoisotopic (exact) mass is 454 g/mol. The molecule has 1 aliphatic heterocycles. The van der Waals surface area contributed by atoms with Crippen molar-refractivity contribution < 1.29 is 9.32 Å². The summed E-state index contributed by atoms with van der Waals surface area (Å²) in [5.41, 5.74) is 5.34. The van der Waals surface area contributed by atoms with Gasteiger partial charge in [0.2, 0.25) is 11.7 Å². The van der Waals surface area contributed by atoms with Gasteiger partial charge in [-0.2, -0.15) is 15.2 Å². The number of carbonyl (C=O) groups is 1. The second-order valence-electron chi connectivity index (χ2n) is 8.42. The van der Waals surface area contributed by atoms with E-state index in [4.69, 9.17) is 4.52 Å². The van der Waals surface area contributed by atoms with Crippen LogP contribution in [0, 0.1) is 6.92 Å². The van der Waals surface area contributed by atoms with Crippen molar-refractivity contribution in [3.05, 3.63) is 72.0 Å². The van der Waals surface area contributed by atoms with Crippen LogP contribution >= 0.6 is 0 Å². The predicted octanol–water partition coefficient (Wildman–Crippen LogP) is 3.38. The van der Waals surface area contributed by atoms with Crippen molar-refractivity contribution in [2.75, 3.05) is 11.9 Å². The topological polar surface area (TPSA) is 115 Å². The number of fused-ring (bicyclic) bond motifs is 1. The lowest BCUT2D eigenvalue weighted by Gasteiger charge is -2.23. The van der Waals surface area contributed by atoms with E-state index in [1.54, 1.807) is 15.4 Å². The van der Waals surface area contributed by atoms with E-state index in [2.05, 4.69) is 31.0 Å². The lowest BCUT2D eigenvalue weighted by atomic mass is 10.1. The summed E-state index contributed by atoms with van der Waals surface area (Å²) in [5.74, 6) is 0.842. The molecule has 2 N–H and O–H groups in total. The van der Waals surface area contributed by atoms with Gasteiger partial charge < -0.3 is 15.2 Å². The van der Waals surface area contributed by atoms with Gasteiger partial charge in [-0.1, -0.05) is 17.3 Å². The Balaban J connectivity index is 1.26. The molecule has 1 amide bonds. The standard InChI is InChI=1S/C24H22N8O2/c1-14-3-4-15(22-28-24(34-30-22)19-7-9-25-19)11-20(14)27-23(33)17-12-26-32-13-16(5-6-21(17)32)18-8-10-31(2)29-18/h3-6,8,10-13,19,25H,7,9H2,1-2H3,(H,27,33)/t19-/m1/s1. The largest absolute Gasteiger partial charge is 0.337 e. The highest BCUT2D eigenvalue weighted by molar-refractivity contribution is 6.09. The van der Waals surface area contributed by atoms with Gasteiger partial charge in [-0.3, -0.25) is 9.48 Å². The molecular formula is C24H22N8O2. The Labute approximate surface area is 194 Å². The molecule has 1 atom stereocenters. The van der Waals surface area contributed by atoms with Crippen LogP contribution in [0.1, 0.15) is 34.3 Å². The number of nitrogens with zero attached hydrogens (tertiary/aromatic N) is 6. The third-order valence-electron chi connectivity index (χ3n) is 6.08. The molecule has 1 aliphatic rings. The first-order valence-electron chi connectivity index (χ1n) is 11.0. The molecule has 5 heterocycles. The first-order chi connectivity index (χ1) is 16.5. The normalized spacial score (nSPS) is 15.4. The molecule has 0 aliphatic carbocycles. The number of carbonyl (C=O) groups excluding carboxylic acids is 1. The number of hydrogen-bond acceptors (Lipinski definition) is 7. The summed E-state index contributed by atoms with van der Waals surface area (Å²) in [6.07, 6.45) is 6.31. The third-order valence-corrected chi connectivity index (χ3v) is 6.08. The fraction of sp³-hybridized carbons (Fsp3) is 0.208. The van der Waals surface area contributed by atoms with Gasteiger partial charge in [-0.25, -0.2) is 4.52 Å². The van der Waals surface area contributed by atoms with Crippen LogP contribution in [0.4, 0.5) is 5.69 Å². The minimum atomic E-state index is -0.242. The summed E-state index contributed by atoms with van der Waals surface area (Å²) < 4.78 is 8.84. The molecule has 0 radical (unpaired) electrons. The predicted molar refractivity (Wildman–Crippen MR) is 125 cm³/mol. The van der Waals surface area contributed by atoms with Crippen molar-refractivity contribution in [2.45, 2.75) is 19.4 Å². The third kappa shape index (κ3) is 3.54. The van der Waals surface area contributed by atoms with Crippen LogP contribution < -0.4 is 10.6 Å². The Hall–Kier alpha value is -4.31.